The number of para-hydroxylation sites is 1. The number of benzene rings is 3. The van der Waals surface area contributed by atoms with Gasteiger partial charge in [0.1, 0.15) is 18.2 Å². The minimum absolute atomic E-state index is 0.116. The molecular weight excluding hydrogens is 579 g/mol. The summed E-state index contributed by atoms with van der Waals surface area (Å²) in [6, 6.07) is 23.6. The molecule has 10 heteroatoms. The van der Waals surface area contributed by atoms with Gasteiger partial charge < -0.3 is 14.4 Å². The summed E-state index contributed by atoms with van der Waals surface area (Å²) in [5.41, 5.74) is 4.11. The molecule has 2 aliphatic rings. The number of amidine groups is 1. The number of hydrogen-bond acceptors (Lipinski definition) is 7. The van der Waals surface area contributed by atoms with Crippen LogP contribution in [-0.2, 0) is 20.9 Å². The highest BCUT2D eigenvalue weighted by molar-refractivity contribution is 8.18. The Morgan fingerprint density at radius 3 is 2.45 bits per heavy atom. The molecule has 3 aromatic carbocycles. The number of esters is 1. The molecule has 0 saturated carbocycles. The molecule has 0 spiro atoms. The first-order valence-electron chi connectivity index (χ1n) is 14.5. The highest BCUT2D eigenvalue weighted by Gasteiger charge is 2.32. The Labute approximate surface area is 259 Å². The summed E-state index contributed by atoms with van der Waals surface area (Å²) < 4.78 is 26.1. The minimum Gasteiger partial charge on any atom is -0.489 e. The van der Waals surface area contributed by atoms with E-state index < -0.39 is 0 Å². The molecule has 1 aromatic heterocycles. The summed E-state index contributed by atoms with van der Waals surface area (Å²) in [6.45, 7) is 3.79. The van der Waals surface area contributed by atoms with Crippen LogP contribution in [-0.4, -0.2) is 51.4 Å². The lowest BCUT2D eigenvalue weighted by molar-refractivity contribution is -0.149. The summed E-state index contributed by atoms with van der Waals surface area (Å²) >= 11 is 1.35. The molecule has 0 atom stereocenters. The maximum absolute atomic E-state index is 13.2. The molecule has 1 amide bonds. The smallest absolute Gasteiger partial charge is 0.309 e. The van der Waals surface area contributed by atoms with Crippen LogP contribution in [0.15, 0.2) is 95.0 Å². The van der Waals surface area contributed by atoms with E-state index in [9.17, 15) is 14.0 Å². The lowest BCUT2D eigenvalue weighted by atomic mass is 9.97. The van der Waals surface area contributed by atoms with Crippen LogP contribution in [0.5, 0.6) is 5.75 Å². The zero-order valence-corrected chi connectivity index (χ0v) is 25.0. The Bertz CT molecular complexity index is 1690. The molecule has 0 bridgehead atoms. The number of aliphatic imine (C=N–C) groups is 1. The van der Waals surface area contributed by atoms with Gasteiger partial charge in [0.15, 0.2) is 5.17 Å². The van der Waals surface area contributed by atoms with Crippen molar-refractivity contribution < 1.29 is 23.5 Å². The van der Waals surface area contributed by atoms with Crippen molar-refractivity contribution in [1.82, 2.24) is 14.7 Å². The van der Waals surface area contributed by atoms with Crippen LogP contribution >= 0.6 is 11.8 Å². The van der Waals surface area contributed by atoms with Crippen molar-refractivity contribution in [3.63, 3.8) is 0 Å². The van der Waals surface area contributed by atoms with Gasteiger partial charge in [0, 0.05) is 30.4 Å². The van der Waals surface area contributed by atoms with Crippen LogP contribution in [0.2, 0.25) is 0 Å². The third-order valence-corrected chi connectivity index (χ3v) is 8.54. The number of hydrogen-bond donors (Lipinski definition) is 0. The van der Waals surface area contributed by atoms with Crippen LogP contribution in [0.4, 0.5) is 4.39 Å². The van der Waals surface area contributed by atoms with E-state index in [4.69, 9.17) is 14.6 Å². The zero-order chi connectivity index (χ0) is 30.5. The van der Waals surface area contributed by atoms with E-state index in [1.54, 1.807) is 16.8 Å². The fourth-order valence-corrected chi connectivity index (χ4v) is 6.08. The molecule has 0 radical (unpaired) electrons. The number of piperidine rings is 1. The molecule has 0 unspecified atom stereocenters. The van der Waals surface area contributed by atoms with E-state index >= 15 is 0 Å². The van der Waals surface area contributed by atoms with Crippen molar-refractivity contribution in [3.8, 4) is 22.7 Å². The van der Waals surface area contributed by atoms with Crippen LogP contribution in [0, 0.1) is 11.7 Å². The monoisotopic (exact) mass is 610 g/mol. The second kappa shape index (κ2) is 13.3. The summed E-state index contributed by atoms with van der Waals surface area (Å²) in [5.74, 6) is -0.169. The number of carbonyl (C=O) groups excluding carboxylic acids is 2. The van der Waals surface area contributed by atoms with E-state index in [1.807, 2.05) is 73.8 Å². The topological polar surface area (TPSA) is 86.0 Å². The highest BCUT2D eigenvalue weighted by atomic mass is 32.2. The second-order valence-corrected chi connectivity index (χ2v) is 11.5. The average Bonchev–Trinajstić information content (AvgIpc) is 3.65. The van der Waals surface area contributed by atoms with Crippen molar-refractivity contribution in [2.45, 2.75) is 26.4 Å². The van der Waals surface area contributed by atoms with Gasteiger partial charge >= 0.3 is 5.97 Å². The van der Waals surface area contributed by atoms with Crippen molar-refractivity contribution in [2.75, 3.05) is 19.7 Å². The number of ether oxygens (including phenoxy) is 2. The van der Waals surface area contributed by atoms with Crippen LogP contribution in [0.25, 0.3) is 23.0 Å². The third-order valence-electron chi connectivity index (χ3n) is 7.49. The number of carbonyl (C=O) groups is 2. The fourth-order valence-electron chi connectivity index (χ4n) is 5.13. The van der Waals surface area contributed by atoms with Crippen molar-refractivity contribution in [1.29, 1.82) is 0 Å². The van der Waals surface area contributed by atoms with Gasteiger partial charge in [0.05, 0.1) is 28.8 Å². The lowest BCUT2D eigenvalue weighted by Crippen LogP contribution is -2.39. The fraction of sp³-hybridized carbons (Fsp3) is 0.235. The molecule has 1 fully saturated rings. The lowest BCUT2D eigenvalue weighted by Gasteiger charge is -2.31. The van der Waals surface area contributed by atoms with E-state index in [0.717, 1.165) is 22.4 Å². The molecule has 6 rings (SSSR count). The Balaban J connectivity index is 1.20. The van der Waals surface area contributed by atoms with E-state index in [1.165, 1.54) is 23.9 Å². The number of aromatic nitrogens is 2. The van der Waals surface area contributed by atoms with Gasteiger partial charge in [-0.1, -0.05) is 30.3 Å². The largest absolute Gasteiger partial charge is 0.489 e. The number of likely N-dealkylation sites (tertiary alicyclic amines) is 1. The second-order valence-electron chi connectivity index (χ2n) is 10.5. The molecule has 4 aromatic rings. The van der Waals surface area contributed by atoms with Crippen molar-refractivity contribution >= 4 is 34.9 Å². The SMILES string of the molecule is CCOC(=O)C1CCN(C2=NC(=O)C(=Cc3cn(-c4ccccc4)nc3-c3ccc(OCc4ccc(F)cc4)cc3)S2)CC1. The van der Waals surface area contributed by atoms with Crippen LogP contribution in [0.1, 0.15) is 30.9 Å². The van der Waals surface area contributed by atoms with Gasteiger partial charge in [0.25, 0.3) is 5.91 Å². The molecule has 224 valence electrons. The maximum atomic E-state index is 13.2. The Morgan fingerprint density at radius 1 is 1.02 bits per heavy atom. The van der Waals surface area contributed by atoms with Crippen LogP contribution < -0.4 is 4.74 Å². The van der Waals surface area contributed by atoms with Crippen molar-refractivity contribution in [2.24, 2.45) is 10.9 Å². The van der Waals surface area contributed by atoms with Crippen molar-refractivity contribution in [3.05, 3.63) is 107 Å². The van der Waals surface area contributed by atoms with E-state index in [-0.39, 0.29) is 23.6 Å². The van der Waals surface area contributed by atoms with Gasteiger partial charge in [-0.3, -0.25) is 9.59 Å². The number of nitrogens with zero attached hydrogens (tertiary/aromatic N) is 4. The van der Waals surface area contributed by atoms with E-state index in [2.05, 4.69) is 9.89 Å². The maximum Gasteiger partial charge on any atom is 0.309 e. The Kier molecular flexibility index (Phi) is 8.88. The highest BCUT2D eigenvalue weighted by Crippen LogP contribution is 2.35. The molecule has 0 aliphatic carbocycles. The standard InChI is InChI=1S/C34H31FN4O4S/c1-2-42-33(41)25-16-18-38(19-17-25)34-36-32(40)30(44-34)20-26-21-39(28-6-4-3-5-7-28)37-31(26)24-10-14-29(15-11-24)43-22-23-8-12-27(35)13-9-23/h3-15,20-21,25H,2,16-19,22H2,1H3. The summed E-state index contributed by atoms with van der Waals surface area (Å²) in [4.78, 5) is 32.1. The summed E-state index contributed by atoms with van der Waals surface area (Å²) in [5, 5.41) is 5.54. The van der Waals surface area contributed by atoms with Gasteiger partial charge in [-0.2, -0.15) is 10.1 Å². The number of thioether (sulfide) groups is 1. The molecule has 8 nitrogen and oxygen atoms in total. The quantitative estimate of drug-likeness (QED) is 0.166. The first-order valence-corrected chi connectivity index (χ1v) is 15.4. The molecule has 3 heterocycles. The molecule has 44 heavy (non-hydrogen) atoms. The number of rotatable bonds is 8. The molecule has 2 aliphatic heterocycles. The van der Waals surface area contributed by atoms with E-state index in [0.29, 0.717) is 60.7 Å². The Hall–Kier alpha value is -4.70. The number of halogens is 1. The van der Waals surface area contributed by atoms with Gasteiger partial charge in [0.2, 0.25) is 0 Å². The predicted octanol–water partition coefficient (Wildman–Crippen LogP) is 6.50. The number of amides is 1. The molecular formula is C34H31FN4O4S. The third kappa shape index (κ3) is 6.75. The minimum atomic E-state index is -0.291. The Morgan fingerprint density at radius 2 is 1.75 bits per heavy atom. The summed E-state index contributed by atoms with van der Waals surface area (Å²) in [7, 11) is 0. The molecule has 0 N–H and O–H groups in total. The predicted molar refractivity (Wildman–Crippen MR) is 169 cm³/mol. The molecule has 1 saturated heterocycles. The average molecular weight is 611 g/mol. The van der Waals surface area contributed by atoms with Gasteiger partial charge in [-0.05, 0) is 91.7 Å². The first kappa shape index (κ1) is 29.4. The van der Waals surface area contributed by atoms with Crippen LogP contribution in [0.3, 0.4) is 0 Å². The van der Waals surface area contributed by atoms with Gasteiger partial charge in [-0.15, -0.1) is 0 Å². The zero-order valence-electron chi connectivity index (χ0n) is 24.2. The summed E-state index contributed by atoms with van der Waals surface area (Å²) in [6.07, 6.45) is 5.09. The normalized spacial score (nSPS) is 16.3. The first-order chi connectivity index (χ1) is 21.5. The van der Waals surface area contributed by atoms with Gasteiger partial charge in [-0.25, -0.2) is 9.07 Å².